The van der Waals surface area contributed by atoms with Crippen molar-refractivity contribution in [1.82, 2.24) is 4.72 Å². The summed E-state index contributed by atoms with van der Waals surface area (Å²) >= 11 is 0. The van der Waals surface area contributed by atoms with Crippen LogP contribution < -0.4 is 10.0 Å². The van der Waals surface area contributed by atoms with E-state index in [1.165, 1.54) is 6.07 Å². The molecule has 1 aliphatic heterocycles. The van der Waals surface area contributed by atoms with Gasteiger partial charge in [0, 0.05) is 0 Å². The fourth-order valence-electron chi connectivity index (χ4n) is 3.50. The molecule has 2 aliphatic rings. The first-order chi connectivity index (χ1) is 11.2. The number of benzene rings is 1. The van der Waals surface area contributed by atoms with Crippen molar-refractivity contribution in [3.8, 4) is 0 Å². The molecule has 3 rings (SSSR count). The molecule has 0 spiro atoms. The Labute approximate surface area is 141 Å². The molecule has 0 saturated heterocycles. The smallest absolute Gasteiger partial charge is 0.266 e. The average Bonchev–Trinajstić information content (AvgIpc) is 3.14. The summed E-state index contributed by atoms with van der Waals surface area (Å²) in [6, 6.07) is 4.65. The topological polar surface area (TPSA) is 92.3 Å². The van der Waals surface area contributed by atoms with Crippen LogP contribution in [0.3, 0.4) is 0 Å². The Hall–Kier alpha value is -2.15. The Morgan fingerprint density at radius 1 is 1.46 bits per heavy atom. The molecule has 0 unspecified atom stereocenters. The Kier molecular flexibility index (Phi) is 3.79. The summed E-state index contributed by atoms with van der Waals surface area (Å²) in [5, 5.41) is 2.56. The molecule has 0 bridgehead atoms. The van der Waals surface area contributed by atoms with Gasteiger partial charge in [0.1, 0.15) is 4.90 Å². The predicted molar refractivity (Wildman–Crippen MR) is 89.7 cm³/mol. The number of amides is 2. The van der Waals surface area contributed by atoms with Crippen molar-refractivity contribution in [3.05, 3.63) is 36.4 Å². The molecular weight excluding hydrogens is 328 g/mol. The molecule has 1 fully saturated rings. The largest absolute Gasteiger partial charge is 0.324 e. The fraction of sp³-hybridized carbons (Fsp3) is 0.412. The summed E-state index contributed by atoms with van der Waals surface area (Å²) in [6.45, 7) is 7.51. The van der Waals surface area contributed by atoms with E-state index < -0.39 is 21.3 Å². The minimum atomic E-state index is -4.07. The van der Waals surface area contributed by atoms with Crippen molar-refractivity contribution in [2.75, 3.05) is 5.32 Å². The van der Waals surface area contributed by atoms with Crippen molar-refractivity contribution in [2.45, 2.75) is 31.6 Å². The second-order valence-corrected chi connectivity index (χ2v) is 8.34. The Balaban J connectivity index is 1.91. The molecule has 1 aromatic rings. The SMILES string of the molecule is C=C[C@@H]1C[C@@]1(C(=O)NS(=O)(=O)c1cccc2c1NC(=O)C2)C(C)C. The van der Waals surface area contributed by atoms with Gasteiger partial charge in [-0.1, -0.05) is 32.1 Å². The zero-order valence-electron chi connectivity index (χ0n) is 13.6. The highest BCUT2D eigenvalue weighted by Gasteiger charge is 2.60. The van der Waals surface area contributed by atoms with Crippen molar-refractivity contribution >= 4 is 27.5 Å². The Morgan fingerprint density at radius 3 is 2.75 bits per heavy atom. The molecule has 2 amide bonds. The zero-order chi connectivity index (χ0) is 17.7. The third kappa shape index (κ3) is 2.43. The number of rotatable bonds is 5. The summed E-state index contributed by atoms with van der Waals surface area (Å²) in [7, 11) is -4.07. The van der Waals surface area contributed by atoms with E-state index in [2.05, 4.69) is 16.6 Å². The average molecular weight is 348 g/mol. The number of allylic oxidation sites excluding steroid dienone is 1. The van der Waals surface area contributed by atoms with Gasteiger partial charge in [-0.05, 0) is 29.9 Å². The first-order valence-electron chi connectivity index (χ1n) is 7.84. The van der Waals surface area contributed by atoms with E-state index in [4.69, 9.17) is 0 Å². The van der Waals surface area contributed by atoms with Crippen LogP contribution in [-0.2, 0) is 26.0 Å². The lowest BCUT2D eigenvalue weighted by Crippen LogP contribution is -2.40. The molecule has 1 aliphatic carbocycles. The van der Waals surface area contributed by atoms with E-state index in [-0.39, 0.29) is 34.7 Å². The lowest BCUT2D eigenvalue weighted by molar-refractivity contribution is -0.126. The summed E-state index contributed by atoms with van der Waals surface area (Å²) in [5.41, 5.74) is 0.150. The minimum Gasteiger partial charge on any atom is -0.324 e. The van der Waals surface area contributed by atoms with Crippen molar-refractivity contribution < 1.29 is 18.0 Å². The quantitative estimate of drug-likeness (QED) is 0.794. The maximum atomic E-state index is 12.7. The molecule has 0 radical (unpaired) electrons. The van der Waals surface area contributed by atoms with E-state index in [9.17, 15) is 18.0 Å². The molecule has 1 saturated carbocycles. The second kappa shape index (κ2) is 5.44. The third-order valence-electron chi connectivity index (χ3n) is 5.04. The predicted octanol–water partition coefficient (Wildman–Crippen LogP) is 1.83. The first kappa shape index (κ1) is 16.7. The molecule has 24 heavy (non-hydrogen) atoms. The van der Waals surface area contributed by atoms with Gasteiger partial charge in [0.05, 0.1) is 17.5 Å². The maximum Gasteiger partial charge on any atom is 0.266 e. The first-order valence-corrected chi connectivity index (χ1v) is 9.32. The number of hydrogen-bond acceptors (Lipinski definition) is 4. The molecule has 2 atom stereocenters. The molecule has 1 heterocycles. The van der Waals surface area contributed by atoms with Gasteiger partial charge >= 0.3 is 0 Å². The number of nitrogens with one attached hydrogen (secondary N) is 2. The van der Waals surface area contributed by atoms with E-state index in [0.717, 1.165) is 0 Å². The van der Waals surface area contributed by atoms with Crippen LogP contribution >= 0.6 is 0 Å². The van der Waals surface area contributed by atoms with Crippen LogP contribution in [-0.4, -0.2) is 20.2 Å². The van der Waals surface area contributed by atoms with Crippen LogP contribution in [0.1, 0.15) is 25.8 Å². The fourth-order valence-corrected chi connectivity index (χ4v) is 4.76. The maximum absolute atomic E-state index is 12.7. The van der Waals surface area contributed by atoms with Crippen molar-refractivity contribution in [3.63, 3.8) is 0 Å². The van der Waals surface area contributed by atoms with Gasteiger partial charge in [-0.3, -0.25) is 9.59 Å². The van der Waals surface area contributed by atoms with Gasteiger partial charge in [-0.15, -0.1) is 6.58 Å². The highest BCUT2D eigenvalue weighted by molar-refractivity contribution is 7.90. The molecule has 128 valence electrons. The normalized spacial score (nSPS) is 25.1. The lowest BCUT2D eigenvalue weighted by Gasteiger charge is -2.21. The molecular formula is C17H20N2O4S. The second-order valence-electron chi connectivity index (χ2n) is 6.69. The molecule has 6 nitrogen and oxygen atoms in total. The number of anilines is 1. The Morgan fingerprint density at radius 2 is 2.17 bits per heavy atom. The monoisotopic (exact) mass is 348 g/mol. The van der Waals surface area contributed by atoms with Crippen LogP contribution in [0.15, 0.2) is 35.7 Å². The summed E-state index contributed by atoms with van der Waals surface area (Å²) < 4.78 is 27.6. The minimum absolute atomic E-state index is 0.00288. The number of sulfonamides is 1. The van der Waals surface area contributed by atoms with E-state index >= 15 is 0 Å². The van der Waals surface area contributed by atoms with Crippen LogP contribution in [0.2, 0.25) is 0 Å². The zero-order valence-corrected chi connectivity index (χ0v) is 14.4. The van der Waals surface area contributed by atoms with Crippen LogP contribution in [0.5, 0.6) is 0 Å². The molecule has 1 aromatic carbocycles. The lowest BCUT2D eigenvalue weighted by atomic mass is 9.89. The van der Waals surface area contributed by atoms with E-state index in [1.807, 2.05) is 13.8 Å². The summed E-state index contributed by atoms with van der Waals surface area (Å²) in [5.74, 6) is -0.790. The van der Waals surface area contributed by atoms with Gasteiger partial charge in [-0.25, -0.2) is 13.1 Å². The molecule has 2 N–H and O–H groups in total. The molecule has 7 heteroatoms. The van der Waals surface area contributed by atoms with Crippen LogP contribution in [0.25, 0.3) is 0 Å². The van der Waals surface area contributed by atoms with Gasteiger partial charge < -0.3 is 5.32 Å². The van der Waals surface area contributed by atoms with Crippen LogP contribution in [0, 0.1) is 17.3 Å². The molecule has 0 aromatic heterocycles. The van der Waals surface area contributed by atoms with Gasteiger partial charge in [0.2, 0.25) is 11.8 Å². The van der Waals surface area contributed by atoms with Gasteiger partial charge in [0.15, 0.2) is 0 Å². The van der Waals surface area contributed by atoms with Crippen molar-refractivity contribution in [2.24, 2.45) is 17.3 Å². The van der Waals surface area contributed by atoms with Gasteiger partial charge in [0.25, 0.3) is 10.0 Å². The number of hydrogen-bond donors (Lipinski definition) is 2. The van der Waals surface area contributed by atoms with Crippen molar-refractivity contribution in [1.29, 1.82) is 0 Å². The third-order valence-corrected chi connectivity index (χ3v) is 6.41. The number of fused-ring (bicyclic) bond motifs is 1. The highest BCUT2D eigenvalue weighted by atomic mass is 32.2. The standard InChI is InChI=1S/C17H20N2O4S/c1-4-12-9-17(12,10(2)3)16(21)19-24(22,23)13-7-5-6-11-8-14(20)18-15(11)13/h4-7,10,12H,1,8-9H2,2-3H3,(H,18,20)(H,19,21)/t12-,17-/m1/s1. The summed E-state index contributed by atoms with van der Waals surface area (Å²) in [6.07, 6.45) is 2.44. The number of para-hydroxylation sites is 1. The summed E-state index contributed by atoms with van der Waals surface area (Å²) in [4.78, 5) is 24.1. The van der Waals surface area contributed by atoms with E-state index in [1.54, 1.807) is 18.2 Å². The van der Waals surface area contributed by atoms with Gasteiger partial charge in [-0.2, -0.15) is 0 Å². The number of carbonyl (C=O) groups is 2. The Bertz CT molecular complexity index is 844. The highest BCUT2D eigenvalue weighted by Crippen LogP contribution is 2.58. The number of carbonyl (C=O) groups excluding carboxylic acids is 2. The van der Waals surface area contributed by atoms with Crippen LogP contribution in [0.4, 0.5) is 5.69 Å². The van der Waals surface area contributed by atoms with E-state index in [0.29, 0.717) is 12.0 Å².